The van der Waals surface area contributed by atoms with Crippen LogP contribution in [0.2, 0.25) is 0 Å². The van der Waals surface area contributed by atoms with Crippen molar-refractivity contribution in [2.24, 2.45) is 0 Å². The molecule has 1 aromatic heterocycles. The van der Waals surface area contributed by atoms with Crippen LogP contribution in [0.15, 0.2) is 18.5 Å². The molecular formula is C12H14F2N2O2. The molecule has 1 fully saturated rings. The molecule has 18 heavy (non-hydrogen) atoms. The van der Waals surface area contributed by atoms with Crippen molar-refractivity contribution < 1.29 is 18.3 Å². The van der Waals surface area contributed by atoms with Crippen molar-refractivity contribution in [2.45, 2.75) is 12.8 Å². The summed E-state index contributed by atoms with van der Waals surface area (Å²) in [5, 5.41) is 0. The molecule has 1 aromatic rings. The Morgan fingerprint density at radius 2 is 2.28 bits per heavy atom. The van der Waals surface area contributed by atoms with Gasteiger partial charge in [0.1, 0.15) is 6.61 Å². The lowest BCUT2D eigenvalue weighted by atomic mass is 10.2. The molecule has 0 spiro atoms. The summed E-state index contributed by atoms with van der Waals surface area (Å²) >= 11 is 0. The summed E-state index contributed by atoms with van der Waals surface area (Å²) in [5.74, 6) is -3.43. The molecule has 1 aliphatic rings. The number of carbonyl (C=O) groups is 1. The van der Waals surface area contributed by atoms with Crippen LogP contribution in [0.3, 0.4) is 0 Å². The highest BCUT2D eigenvalue weighted by molar-refractivity contribution is 5.94. The third-order valence-corrected chi connectivity index (χ3v) is 2.65. The molecule has 0 aliphatic carbocycles. The fraction of sp³-hybridized carbons (Fsp3) is 0.500. The van der Waals surface area contributed by atoms with Gasteiger partial charge in [0.25, 0.3) is 11.8 Å². The standard InChI is InChI=1S/C12H14F2N2O2/c1-9-4-10(6-15-5-9)11(17)16-2-3-18-8-12(13,14)7-16/h4-6H,2-3,7-8H2,1H3. The quantitative estimate of drug-likeness (QED) is 0.764. The summed E-state index contributed by atoms with van der Waals surface area (Å²) in [4.78, 5) is 17.1. The Balaban J connectivity index is 2.17. The van der Waals surface area contributed by atoms with Crippen molar-refractivity contribution in [3.05, 3.63) is 29.6 Å². The van der Waals surface area contributed by atoms with Crippen molar-refractivity contribution in [1.29, 1.82) is 0 Å². The highest BCUT2D eigenvalue weighted by Gasteiger charge is 2.36. The minimum absolute atomic E-state index is 0.126. The number of hydrogen-bond acceptors (Lipinski definition) is 3. The van der Waals surface area contributed by atoms with Gasteiger partial charge in [-0.3, -0.25) is 9.78 Å². The number of amides is 1. The van der Waals surface area contributed by atoms with Crippen molar-refractivity contribution in [1.82, 2.24) is 9.88 Å². The third kappa shape index (κ3) is 3.01. The van der Waals surface area contributed by atoms with Crippen molar-refractivity contribution in [2.75, 3.05) is 26.3 Å². The summed E-state index contributed by atoms with van der Waals surface area (Å²) in [6.07, 6.45) is 3.00. The van der Waals surface area contributed by atoms with E-state index in [-0.39, 0.29) is 13.2 Å². The minimum atomic E-state index is -3.00. The number of nitrogens with zero attached hydrogens (tertiary/aromatic N) is 2. The molecule has 98 valence electrons. The highest BCUT2D eigenvalue weighted by atomic mass is 19.3. The zero-order valence-corrected chi connectivity index (χ0v) is 10.0. The number of rotatable bonds is 1. The average molecular weight is 256 g/mol. The second kappa shape index (κ2) is 4.97. The summed E-state index contributed by atoms with van der Waals surface area (Å²) in [6.45, 7) is 0.843. The van der Waals surface area contributed by atoms with Crippen LogP contribution in [0.25, 0.3) is 0 Å². The number of hydrogen-bond donors (Lipinski definition) is 0. The predicted molar refractivity (Wildman–Crippen MR) is 60.6 cm³/mol. The van der Waals surface area contributed by atoms with Gasteiger partial charge in [0.05, 0.1) is 18.7 Å². The number of pyridine rings is 1. The van der Waals surface area contributed by atoms with Crippen LogP contribution in [0, 0.1) is 6.92 Å². The Morgan fingerprint density at radius 1 is 1.50 bits per heavy atom. The lowest BCUT2D eigenvalue weighted by molar-refractivity contribution is -0.0660. The molecule has 0 aromatic carbocycles. The first-order valence-corrected chi connectivity index (χ1v) is 5.64. The fourth-order valence-corrected chi connectivity index (χ4v) is 1.83. The fourth-order valence-electron chi connectivity index (χ4n) is 1.83. The van der Waals surface area contributed by atoms with Gasteiger partial charge in [-0.1, -0.05) is 0 Å². The largest absolute Gasteiger partial charge is 0.373 e. The van der Waals surface area contributed by atoms with Gasteiger partial charge in [-0.25, -0.2) is 8.78 Å². The Bertz CT molecular complexity index is 451. The van der Waals surface area contributed by atoms with E-state index in [0.29, 0.717) is 5.56 Å². The topological polar surface area (TPSA) is 42.4 Å². The van der Waals surface area contributed by atoms with Crippen LogP contribution in [-0.2, 0) is 4.74 Å². The summed E-state index contributed by atoms with van der Waals surface area (Å²) < 4.78 is 31.5. The van der Waals surface area contributed by atoms with E-state index in [0.717, 1.165) is 10.5 Å². The number of carbonyl (C=O) groups excluding carboxylic acids is 1. The highest BCUT2D eigenvalue weighted by Crippen LogP contribution is 2.20. The van der Waals surface area contributed by atoms with Crippen LogP contribution in [0.5, 0.6) is 0 Å². The van der Waals surface area contributed by atoms with Crippen molar-refractivity contribution in [3.63, 3.8) is 0 Å². The van der Waals surface area contributed by atoms with E-state index in [4.69, 9.17) is 4.74 Å². The first-order valence-electron chi connectivity index (χ1n) is 5.64. The molecule has 2 rings (SSSR count). The first kappa shape index (κ1) is 12.9. The van der Waals surface area contributed by atoms with Gasteiger partial charge in [-0.05, 0) is 18.6 Å². The molecule has 1 saturated heterocycles. The van der Waals surface area contributed by atoms with Gasteiger partial charge in [0.15, 0.2) is 0 Å². The molecule has 0 unspecified atom stereocenters. The zero-order valence-electron chi connectivity index (χ0n) is 10.0. The molecule has 0 N–H and O–H groups in total. The van der Waals surface area contributed by atoms with E-state index in [9.17, 15) is 13.6 Å². The summed E-state index contributed by atoms with van der Waals surface area (Å²) in [6, 6.07) is 1.64. The minimum Gasteiger partial charge on any atom is -0.373 e. The molecule has 2 heterocycles. The van der Waals surface area contributed by atoms with Gasteiger partial charge >= 0.3 is 0 Å². The SMILES string of the molecule is Cc1cncc(C(=O)N2CCOCC(F)(F)C2)c1. The maximum Gasteiger partial charge on any atom is 0.288 e. The Morgan fingerprint density at radius 3 is 3.00 bits per heavy atom. The maximum absolute atomic E-state index is 13.3. The number of alkyl halides is 2. The number of aromatic nitrogens is 1. The maximum atomic E-state index is 13.3. The number of halogens is 2. The smallest absolute Gasteiger partial charge is 0.288 e. The molecule has 6 heteroatoms. The number of aryl methyl sites for hydroxylation is 1. The van der Waals surface area contributed by atoms with Gasteiger partial charge in [0, 0.05) is 18.9 Å². The lowest BCUT2D eigenvalue weighted by Crippen LogP contribution is -2.41. The van der Waals surface area contributed by atoms with Gasteiger partial charge < -0.3 is 9.64 Å². The monoisotopic (exact) mass is 256 g/mol. The van der Waals surface area contributed by atoms with Crippen LogP contribution in [0.1, 0.15) is 15.9 Å². The molecule has 1 aliphatic heterocycles. The van der Waals surface area contributed by atoms with Crippen LogP contribution < -0.4 is 0 Å². The summed E-state index contributed by atoms with van der Waals surface area (Å²) in [5.41, 5.74) is 1.14. The Kier molecular flexibility index (Phi) is 3.56. The Labute approximate surface area is 104 Å². The van der Waals surface area contributed by atoms with Gasteiger partial charge in [-0.15, -0.1) is 0 Å². The van der Waals surface area contributed by atoms with E-state index in [1.54, 1.807) is 19.2 Å². The molecular weight excluding hydrogens is 242 g/mol. The predicted octanol–water partition coefficient (Wildman–Crippen LogP) is 1.50. The lowest BCUT2D eigenvalue weighted by Gasteiger charge is -2.23. The molecule has 0 saturated carbocycles. The third-order valence-electron chi connectivity index (χ3n) is 2.65. The van der Waals surface area contributed by atoms with Gasteiger partial charge in [-0.2, -0.15) is 0 Å². The molecule has 0 bridgehead atoms. The van der Waals surface area contributed by atoms with Crippen LogP contribution >= 0.6 is 0 Å². The zero-order chi connectivity index (χ0) is 13.2. The van der Waals surface area contributed by atoms with E-state index < -0.39 is 25.0 Å². The molecule has 0 radical (unpaired) electrons. The second-order valence-electron chi connectivity index (χ2n) is 4.39. The van der Waals surface area contributed by atoms with E-state index in [2.05, 4.69) is 4.98 Å². The second-order valence-corrected chi connectivity index (χ2v) is 4.39. The average Bonchev–Trinajstić information content (AvgIpc) is 2.49. The van der Waals surface area contributed by atoms with E-state index in [1.807, 2.05) is 0 Å². The molecule has 4 nitrogen and oxygen atoms in total. The molecule has 1 amide bonds. The van der Waals surface area contributed by atoms with E-state index in [1.165, 1.54) is 6.20 Å². The van der Waals surface area contributed by atoms with Crippen LogP contribution in [0.4, 0.5) is 8.78 Å². The Hall–Kier alpha value is -1.56. The normalized spacial score (nSPS) is 19.4. The number of ether oxygens (including phenoxy) is 1. The van der Waals surface area contributed by atoms with Gasteiger partial charge in [0.2, 0.25) is 0 Å². The summed E-state index contributed by atoms with van der Waals surface area (Å²) in [7, 11) is 0. The molecule has 0 atom stereocenters. The van der Waals surface area contributed by atoms with E-state index >= 15 is 0 Å². The van der Waals surface area contributed by atoms with Crippen LogP contribution in [-0.4, -0.2) is 48.0 Å². The first-order chi connectivity index (χ1) is 8.48. The van der Waals surface area contributed by atoms with Crippen molar-refractivity contribution >= 4 is 5.91 Å². The van der Waals surface area contributed by atoms with Crippen molar-refractivity contribution in [3.8, 4) is 0 Å².